The molecule has 0 heterocycles. The first-order chi connectivity index (χ1) is 10.1. The van der Waals surface area contributed by atoms with Gasteiger partial charge in [-0.25, -0.2) is 0 Å². The van der Waals surface area contributed by atoms with Gasteiger partial charge in [0, 0.05) is 18.3 Å². The zero-order valence-electron chi connectivity index (χ0n) is 13.2. The molecule has 21 heavy (non-hydrogen) atoms. The van der Waals surface area contributed by atoms with Gasteiger partial charge in [0.1, 0.15) is 5.75 Å². The fourth-order valence-corrected chi connectivity index (χ4v) is 2.90. The van der Waals surface area contributed by atoms with Crippen molar-refractivity contribution in [1.29, 1.82) is 0 Å². The van der Waals surface area contributed by atoms with Gasteiger partial charge < -0.3 is 15.8 Å². The Labute approximate surface area is 127 Å². The lowest BCUT2D eigenvalue weighted by atomic mass is 9.83. The number of nitrogens with zero attached hydrogens (tertiary/aromatic N) is 1. The van der Waals surface area contributed by atoms with E-state index in [0.717, 1.165) is 18.0 Å². The minimum atomic E-state index is 0.303. The molecule has 0 unspecified atom stereocenters. The van der Waals surface area contributed by atoms with Crippen LogP contribution in [0, 0.1) is 5.41 Å². The van der Waals surface area contributed by atoms with E-state index in [1.165, 1.54) is 38.5 Å². The van der Waals surface area contributed by atoms with Gasteiger partial charge in [0.25, 0.3) is 0 Å². The molecule has 0 atom stereocenters. The maximum absolute atomic E-state index is 6.01. The molecule has 1 aliphatic rings. The Bertz CT molecular complexity index is 477. The average molecular weight is 289 g/mol. The highest BCUT2D eigenvalue weighted by Gasteiger charge is 2.25. The van der Waals surface area contributed by atoms with Gasteiger partial charge in [0.05, 0.1) is 7.11 Å². The number of aliphatic imine (C=N–C) groups is 1. The van der Waals surface area contributed by atoms with E-state index in [9.17, 15) is 0 Å². The minimum absolute atomic E-state index is 0.303. The molecule has 1 fully saturated rings. The summed E-state index contributed by atoms with van der Waals surface area (Å²) in [7, 11) is 1.66. The molecule has 1 saturated carbocycles. The normalized spacial score (nSPS) is 18.9. The zero-order chi connectivity index (χ0) is 15.1. The van der Waals surface area contributed by atoms with Crippen LogP contribution in [0.1, 0.15) is 45.4 Å². The smallest absolute Gasteiger partial charge is 0.193 e. The van der Waals surface area contributed by atoms with Crippen LogP contribution < -0.4 is 15.8 Å². The first-order valence-corrected chi connectivity index (χ1v) is 7.82. The molecular weight excluding hydrogens is 262 g/mol. The van der Waals surface area contributed by atoms with Crippen molar-refractivity contribution in [3.8, 4) is 5.75 Å². The Kier molecular flexibility index (Phi) is 5.48. The molecule has 0 aromatic heterocycles. The molecule has 2 rings (SSSR count). The zero-order valence-corrected chi connectivity index (χ0v) is 13.2. The van der Waals surface area contributed by atoms with Crippen molar-refractivity contribution in [2.75, 3.05) is 19.0 Å². The number of nitrogens with one attached hydrogen (secondary N) is 1. The molecule has 0 saturated heterocycles. The highest BCUT2D eigenvalue weighted by Crippen LogP contribution is 2.34. The van der Waals surface area contributed by atoms with Crippen LogP contribution in [0.5, 0.6) is 5.75 Å². The largest absolute Gasteiger partial charge is 0.497 e. The Morgan fingerprint density at radius 2 is 2.00 bits per heavy atom. The van der Waals surface area contributed by atoms with Gasteiger partial charge in [-0.05, 0) is 30.4 Å². The van der Waals surface area contributed by atoms with E-state index in [1.807, 2.05) is 24.3 Å². The summed E-state index contributed by atoms with van der Waals surface area (Å²) in [5.74, 6) is 1.29. The van der Waals surface area contributed by atoms with Crippen molar-refractivity contribution >= 4 is 11.6 Å². The van der Waals surface area contributed by atoms with Gasteiger partial charge >= 0.3 is 0 Å². The van der Waals surface area contributed by atoms with Crippen LogP contribution in [-0.2, 0) is 0 Å². The SMILES string of the molecule is COc1cccc(NC(N)=NCC2(C)CCCCCC2)c1. The Hall–Kier alpha value is -1.71. The lowest BCUT2D eigenvalue weighted by Crippen LogP contribution is -2.27. The molecule has 3 N–H and O–H groups in total. The molecule has 0 bridgehead atoms. The number of guanidine groups is 1. The van der Waals surface area contributed by atoms with Gasteiger partial charge in [0.15, 0.2) is 5.96 Å². The van der Waals surface area contributed by atoms with E-state index in [0.29, 0.717) is 11.4 Å². The monoisotopic (exact) mass is 289 g/mol. The topological polar surface area (TPSA) is 59.6 Å². The molecule has 1 aromatic carbocycles. The van der Waals surface area contributed by atoms with Gasteiger partial charge in [0.2, 0.25) is 0 Å². The second kappa shape index (κ2) is 7.34. The number of benzene rings is 1. The standard InChI is InChI=1S/C17H27N3O/c1-17(10-5-3-4-6-11-17)13-19-16(18)20-14-8-7-9-15(12-14)21-2/h7-9,12H,3-6,10-11,13H2,1-2H3,(H3,18,19,20). The Morgan fingerprint density at radius 1 is 1.29 bits per heavy atom. The number of hydrogen-bond donors (Lipinski definition) is 2. The van der Waals surface area contributed by atoms with Crippen LogP contribution in [0.15, 0.2) is 29.3 Å². The Balaban J connectivity index is 1.93. The predicted octanol–water partition coefficient (Wildman–Crippen LogP) is 3.78. The molecule has 4 heteroatoms. The van der Waals surface area contributed by atoms with Gasteiger partial charge in [-0.1, -0.05) is 38.7 Å². The number of methoxy groups -OCH3 is 1. The molecule has 4 nitrogen and oxygen atoms in total. The minimum Gasteiger partial charge on any atom is -0.497 e. The van der Waals surface area contributed by atoms with E-state index >= 15 is 0 Å². The second-order valence-corrected chi connectivity index (χ2v) is 6.28. The van der Waals surface area contributed by atoms with Crippen molar-refractivity contribution in [2.45, 2.75) is 45.4 Å². The van der Waals surface area contributed by atoms with Crippen LogP contribution in [0.2, 0.25) is 0 Å². The number of rotatable bonds is 4. The molecule has 0 amide bonds. The third kappa shape index (κ3) is 4.96. The molecule has 0 aliphatic heterocycles. The number of ether oxygens (including phenoxy) is 1. The molecule has 116 valence electrons. The van der Waals surface area contributed by atoms with E-state index in [4.69, 9.17) is 10.5 Å². The van der Waals surface area contributed by atoms with Crippen LogP contribution >= 0.6 is 0 Å². The maximum atomic E-state index is 6.01. The highest BCUT2D eigenvalue weighted by atomic mass is 16.5. The van der Waals surface area contributed by atoms with Crippen molar-refractivity contribution in [1.82, 2.24) is 0 Å². The molecule has 1 aliphatic carbocycles. The van der Waals surface area contributed by atoms with E-state index in [-0.39, 0.29) is 0 Å². The van der Waals surface area contributed by atoms with Crippen LogP contribution in [-0.4, -0.2) is 19.6 Å². The van der Waals surface area contributed by atoms with E-state index in [1.54, 1.807) is 7.11 Å². The van der Waals surface area contributed by atoms with Gasteiger partial charge in [-0.2, -0.15) is 0 Å². The molecule has 0 spiro atoms. The van der Waals surface area contributed by atoms with Gasteiger partial charge in [-0.15, -0.1) is 0 Å². The summed E-state index contributed by atoms with van der Waals surface area (Å²) in [5.41, 5.74) is 7.22. The fourth-order valence-electron chi connectivity index (χ4n) is 2.90. The summed E-state index contributed by atoms with van der Waals surface area (Å²) in [6.07, 6.45) is 7.85. The molecule has 1 aromatic rings. The fraction of sp³-hybridized carbons (Fsp3) is 0.588. The van der Waals surface area contributed by atoms with Crippen molar-refractivity contribution in [3.63, 3.8) is 0 Å². The molecule has 0 radical (unpaired) electrons. The van der Waals surface area contributed by atoms with Crippen molar-refractivity contribution < 1.29 is 4.74 Å². The van der Waals surface area contributed by atoms with E-state index < -0.39 is 0 Å². The number of nitrogens with two attached hydrogens (primary N) is 1. The van der Waals surface area contributed by atoms with Crippen LogP contribution in [0.3, 0.4) is 0 Å². The predicted molar refractivity (Wildman–Crippen MR) is 88.9 cm³/mol. The summed E-state index contributed by atoms with van der Waals surface area (Å²) in [5, 5.41) is 3.14. The number of hydrogen-bond acceptors (Lipinski definition) is 2. The number of anilines is 1. The van der Waals surface area contributed by atoms with E-state index in [2.05, 4.69) is 17.2 Å². The average Bonchev–Trinajstić information content (AvgIpc) is 2.71. The Morgan fingerprint density at radius 3 is 2.67 bits per heavy atom. The summed E-state index contributed by atoms with van der Waals surface area (Å²) < 4.78 is 5.20. The van der Waals surface area contributed by atoms with Crippen molar-refractivity contribution in [3.05, 3.63) is 24.3 Å². The lowest BCUT2D eigenvalue weighted by molar-refractivity contribution is 0.290. The van der Waals surface area contributed by atoms with Gasteiger partial charge in [-0.3, -0.25) is 4.99 Å². The first kappa shape index (κ1) is 15.7. The second-order valence-electron chi connectivity index (χ2n) is 6.28. The summed E-state index contributed by atoms with van der Waals surface area (Å²) in [6.45, 7) is 3.14. The maximum Gasteiger partial charge on any atom is 0.193 e. The first-order valence-electron chi connectivity index (χ1n) is 7.82. The lowest BCUT2D eigenvalue weighted by Gasteiger charge is -2.26. The summed E-state index contributed by atoms with van der Waals surface area (Å²) in [6, 6.07) is 7.71. The molecular formula is C17H27N3O. The third-order valence-electron chi connectivity index (χ3n) is 4.28. The van der Waals surface area contributed by atoms with Crippen LogP contribution in [0.4, 0.5) is 5.69 Å². The summed E-state index contributed by atoms with van der Waals surface area (Å²) >= 11 is 0. The quantitative estimate of drug-likeness (QED) is 0.504. The highest BCUT2D eigenvalue weighted by molar-refractivity contribution is 5.92. The summed E-state index contributed by atoms with van der Waals surface area (Å²) in [4.78, 5) is 4.55. The van der Waals surface area contributed by atoms with Crippen molar-refractivity contribution in [2.24, 2.45) is 16.1 Å². The van der Waals surface area contributed by atoms with Crippen LogP contribution in [0.25, 0.3) is 0 Å². The third-order valence-corrected chi connectivity index (χ3v) is 4.28.